The van der Waals surface area contributed by atoms with Crippen LogP contribution in [0.2, 0.25) is 0 Å². The minimum absolute atomic E-state index is 0.183. The number of aromatic amines is 1. The van der Waals surface area contributed by atoms with Crippen molar-refractivity contribution in [3.8, 4) is 5.75 Å². The average Bonchev–Trinajstić information content (AvgIpc) is 3.01. The molecular weight excluding hydrogens is 280 g/mol. The maximum Gasteiger partial charge on any atom is 0.148 e. The molecule has 0 saturated heterocycles. The number of pyridine rings is 1. The first-order valence-electron chi connectivity index (χ1n) is 6.95. The van der Waals surface area contributed by atoms with Gasteiger partial charge in [0.2, 0.25) is 0 Å². The average molecular weight is 296 g/mol. The maximum atomic E-state index is 9.48. The van der Waals surface area contributed by atoms with Crippen LogP contribution in [0.3, 0.4) is 0 Å². The maximum absolute atomic E-state index is 9.48. The summed E-state index contributed by atoms with van der Waals surface area (Å²) in [7, 11) is 0. The SMILES string of the molecule is Cc1ccc(Nc2cc(O)ccn2)cc1CCc1nnn[nH]1. The lowest BCUT2D eigenvalue weighted by Gasteiger charge is -2.10. The van der Waals surface area contributed by atoms with Gasteiger partial charge in [-0.25, -0.2) is 10.1 Å². The van der Waals surface area contributed by atoms with Gasteiger partial charge in [0.05, 0.1) is 0 Å². The number of aromatic nitrogens is 5. The molecule has 0 unspecified atom stereocenters. The molecule has 0 aliphatic rings. The molecule has 3 rings (SSSR count). The van der Waals surface area contributed by atoms with Crippen LogP contribution in [-0.2, 0) is 12.8 Å². The summed E-state index contributed by atoms with van der Waals surface area (Å²) in [6.07, 6.45) is 3.15. The molecule has 0 atom stereocenters. The van der Waals surface area contributed by atoms with Gasteiger partial charge in [-0.15, -0.1) is 5.10 Å². The zero-order valence-corrected chi connectivity index (χ0v) is 12.1. The molecule has 3 aromatic rings. The first-order chi connectivity index (χ1) is 10.7. The van der Waals surface area contributed by atoms with E-state index in [1.807, 2.05) is 6.07 Å². The Morgan fingerprint density at radius 2 is 2.09 bits per heavy atom. The van der Waals surface area contributed by atoms with E-state index in [1.165, 1.54) is 17.2 Å². The summed E-state index contributed by atoms with van der Waals surface area (Å²) in [6, 6.07) is 9.24. The van der Waals surface area contributed by atoms with Crippen molar-refractivity contribution in [2.24, 2.45) is 0 Å². The summed E-state index contributed by atoms with van der Waals surface area (Å²) in [6.45, 7) is 2.07. The quantitative estimate of drug-likeness (QED) is 0.667. The minimum atomic E-state index is 0.183. The van der Waals surface area contributed by atoms with E-state index in [2.05, 4.69) is 50.0 Å². The number of hydrogen-bond acceptors (Lipinski definition) is 6. The third kappa shape index (κ3) is 3.38. The molecule has 0 radical (unpaired) electrons. The molecule has 2 heterocycles. The third-order valence-electron chi connectivity index (χ3n) is 3.39. The number of hydrogen-bond donors (Lipinski definition) is 3. The number of anilines is 2. The first kappa shape index (κ1) is 14.0. The topological polar surface area (TPSA) is 99.6 Å². The standard InChI is InChI=1S/C15H16N6O/c1-10-2-4-12(17-15-9-13(22)6-7-16-15)8-11(10)3-5-14-18-20-21-19-14/h2,4,6-9H,3,5H2,1H3,(H2,16,17,22)(H,18,19,20,21). The highest BCUT2D eigenvalue weighted by Crippen LogP contribution is 2.21. The van der Waals surface area contributed by atoms with E-state index in [0.717, 1.165) is 24.4 Å². The number of aryl methyl sites for hydroxylation is 3. The van der Waals surface area contributed by atoms with Crippen LogP contribution >= 0.6 is 0 Å². The number of aromatic hydroxyl groups is 1. The van der Waals surface area contributed by atoms with E-state index in [1.54, 1.807) is 12.3 Å². The molecule has 0 spiro atoms. The van der Waals surface area contributed by atoms with Crippen molar-refractivity contribution >= 4 is 11.5 Å². The van der Waals surface area contributed by atoms with Gasteiger partial charge in [-0.05, 0) is 53.1 Å². The largest absolute Gasteiger partial charge is 0.508 e. The van der Waals surface area contributed by atoms with Crippen LogP contribution < -0.4 is 5.32 Å². The summed E-state index contributed by atoms with van der Waals surface area (Å²) in [5.41, 5.74) is 3.35. The van der Waals surface area contributed by atoms with Crippen LogP contribution in [0, 0.1) is 6.92 Å². The smallest absolute Gasteiger partial charge is 0.148 e. The van der Waals surface area contributed by atoms with E-state index in [4.69, 9.17) is 0 Å². The Labute approximate surface area is 127 Å². The molecule has 2 aromatic heterocycles. The molecule has 112 valence electrons. The zero-order valence-electron chi connectivity index (χ0n) is 12.1. The summed E-state index contributed by atoms with van der Waals surface area (Å²) >= 11 is 0. The van der Waals surface area contributed by atoms with Crippen molar-refractivity contribution in [1.82, 2.24) is 25.6 Å². The molecule has 0 amide bonds. The Bertz CT molecular complexity index is 756. The number of rotatable bonds is 5. The highest BCUT2D eigenvalue weighted by atomic mass is 16.3. The second-order valence-corrected chi connectivity index (χ2v) is 5.01. The second kappa shape index (κ2) is 6.21. The number of H-pyrrole nitrogens is 1. The molecule has 22 heavy (non-hydrogen) atoms. The Morgan fingerprint density at radius 3 is 2.86 bits per heavy atom. The van der Waals surface area contributed by atoms with E-state index < -0.39 is 0 Å². The molecule has 0 fully saturated rings. The molecule has 1 aromatic carbocycles. The molecule has 0 bridgehead atoms. The number of benzene rings is 1. The van der Waals surface area contributed by atoms with Crippen LogP contribution in [0.25, 0.3) is 0 Å². The van der Waals surface area contributed by atoms with Crippen molar-refractivity contribution in [3.05, 3.63) is 53.5 Å². The number of tetrazole rings is 1. The van der Waals surface area contributed by atoms with Gasteiger partial charge >= 0.3 is 0 Å². The minimum Gasteiger partial charge on any atom is -0.508 e. The van der Waals surface area contributed by atoms with E-state index in [9.17, 15) is 5.11 Å². The van der Waals surface area contributed by atoms with Crippen LogP contribution in [0.5, 0.6) is 5.75 Å². The van der Waals surface area contributed by atoms with Gasteiger partial charge in [-0.3, -0.25) is 0 Å². The fourth-order valence-electron chi connectivity index (χ4n) is 2.19. The first-order valence-corrected chi connectivity index (χ1v) is 6.95. The Hall–Kier alpha value is -2.96. The summed E-state index contributed by atoms with van der Waals surface area (Å²) < 4.78 is 0. The van der Waals surface area contributed by atoms with Crippen LogP contribution in [0.15, 0.2) is 36.5 Å². The van der Waals surface area contributed by atoms with Crippen LogP contribution in [0.4, 0.5) is 11.5 Å². The fourth-order valence-corrected chi connectivity index (χ4v) is 2.19. The summed E-state index contributed by atoms with van der Waals surface area (Å²) in [5.74, 6) is 1.56. The lowest BCUT2D eigenvalue weighted by molar-refractivity contribution is 0.475. The second-order valence-electron chi connectivity index (χ2n) is 5.01. The van der Waals surface area contributed by atoms with Crippen molar-refractivity contribution in [3.63, 3.8) is 0 Å². The Morgan fingerprint density at radius 1 is 1.18 bits per heavy atom. The lowest BCUT2D eigenvalue weighted by Crippen LogP contribution is -1.99. The lowest BCUT2D eigenvalue weighted by atomic mass is 10.0. The molecule has 0 saturated carbocycles. The van der Waals surface area contributed by atoms with E-state index in [0.29, 0.717) is 5.82 Å². The molecule has 3 N–H and O–H groups in total. The van der Waals surface area contributed by atoms with Gasteiger partial charge in [0.15, 0.2) is 0 Å². The van der Waals surface area contributed by atoms with Gasteiger partial charge in [-0.2, -0.15) is 0 Å². The van der Waals surface area contributed by atoms with Gasteiger partial charge in [-0.1, -0.05) is 6.07 Å². The third-order valence-corrected chi connectivity index (χ3v) is 3.39. The van der Waals surface area contributed by atoms with Gasteiger partial charge < -0.3 is 10.4 Å². The highest BCUT2D eigenvalue weighted by Gasteiger charge is 2.05. The highest BCUT2D eigenvalue weighted by molar-refractivity contribution is 5.59. The Balaban J connectivity index is 1.74. The molecule has 0 aliphatic carbocycles. The number of nitrogens with one attached hydrogen (secondary N) is 2. The molecular formula is C15H16N6O. The summed E-state index contributed by atoms with van der Waals surface area (Å²) in [5, 5.41) is 26.5. The predicted molar refractivity (Wildman–Crippen MR) is 81.9 cm³/mol. The van der Waals surface area contributed by atoms with Crippen molar-refractivity contribution in [2.75, 3.05) is 5.32 Å². The van der Waals surface area contributed by atoms with Crippen molar-refractivity contribution in [1.29, 1.82) is 0 Å². The van der Waals surface area contributed by atoms with E-state index in [-0.39, 0.29) is 5.75 Å². The molecule has 7 heteroatoms. The fraction of sp³-hybridized carbons (Fsp3) is 0.200. The summed E-state index contributed by atoms with van der Waals surface area (Å²) in [4.78, 5) is 4.17. The molecule has 7 nitrogen and oxygen atoms in total. The molecule has 0 aliphatic heterocycles. The van der Waals surface area contributed by atoms with Crippen LogP contribution in [0.1, 0.15) is 17.0 Å². The number of nitrogens with zero attached hydrogens (tertiary/aromatic N) is 4. The van der Waals surface area contributed by atoms with E-state index >= 15 is 0 Å². The monoisotopic (exact) mass is 296 g/mol. The zero-order chi connectivity index (χ0) is 15.4. The van der Waals surface area contributed by atoms with Gasteiger partial charge in [0.25, 0.3) is 0 Å². The van der Waals surface area contributed by atoms with Crippen LogP contribution in [-0.4, -0.2) is 30.7 Å². The van der Waals surface area contributed by atoms with Gasteiger partial charge in [0, 0.05) is 24.4 Å². The van der Waals surface area contributed by atoms with Crippen molar-refractivity contribution in [2.45, 2.75) is 19.8 Å². The normalized spacial score (nSPS) is 10.6. The van der Waals surface area contributed by atoms with Crippen molar-refractivity contribution < 1.29 is 5.11 Å². The predicted octanol–water partition coefficient (Wildman–Crippen LogP) is 2.14. The Kier molecular flexibility index (Phi) is 3.95. The van der Waals surface area contributed by atoms with Gasteiger partial charge in [0.1, 0.15) is 17.4 Å².